The van der Waals surface area contributed by atoms with E-state index in [9.17, 15) is 13.7 Å². The predicted molar refractivity (Wildman–Crippen MR) is 81.3 cm³/mol. The molecular formula is C15H20ClFO2S. The standard InChI is InChI=1S/C15H20ClFO2S/c1-15(2,3)20(19)8-11(9-4-5-9)10-6-7-12(16)14(18)13(10)17/h6-7,9,11,18H,4-5,8H2,1-3H3/t11-,20+/m1/s1. The van der Waals surface area contributed by atoms with Crippen LogP contribution in [0.3, 0.4) is 0 Å². The van der Waals surface area contributed by atoms with Crippen LogP contribution in [0.5, 0.6) is 5.75 Å². The molecule has 2 nitrogen and oxygen atoms in total. The number of aromatic hydroxyl groups is 1. The van der Waals surface area contributed by atoms with Crippen molar-refractivity contribution in [2.24, 2.45) is 5.92 Å². The Morgan fingerprint density at radius 1 is 1.45 bits per heavy atom. The maximum atomic E-state index is 14.2. The van der Waals surface area contributed by atoms with E-state index in [-0.39, 0.29) is 15.7 Å². The molecule has 112 valence electrons. The summed E-state index contributed by atoms with van der Waals surface area (Å²) in [5.41, 5.74) is 0.437. The SMILES string of the molecule is CC(C)(C)[S@@](=O)C[C@@H](c1ccc(Cl)c(O)c1F)C1CC1. The van der Waals surface area contributed by atoms with Gasteiger partial charge in [0.1, 0.15) is 0 Å². The summed E-state index contributed by atoms with van der Waals surface area (Å²) < 4.78 is 26.2. The van der Waals surface area contributed by atoms with Crippen molar-refractivity contribution in [3.63, 3.8) is 0 Å². The summed E-state index contributed by atoms with van der Waals surface area (Å²) >= 11 is 5.71. The van der Waals surface area contributed by atoms with Gasteiger partial charge in [-0.05, 0) is 51.2 Å². The molecule has 0 unspecified atom stereocenters. The first-order valence-electron chi connectivity index (χ1n) is 6.77. The van der Waals surface area contributed by atoms with Crippen LogP contribution in [0, 0.1) is 11.7 Å². The number of halogens is 2. The molecule has 0 radical (unpaired) electrons. The molecule has 1 aliphatic rings. The van der Waals surface area contributed by atoms with E-state index < -0.39 is 22.4 Å². The fraction of sp³-hybridized carbons (Fsp3) is 0.600. The summed E-state index contributed by atoms with van der Waals surface area (Å²) in [6, 6.07) is 3.12. The lowest BCUT2D eigenvalue weighted by Crippen LogP contribution is -2.27. The number of benzene rings is 1. The molecule has 2 rings (SSSR count). The topological polar surface area (TPSA) is 37.3 Å². The van der Waals surface area contributed by atoms with Crippen molar-refractivity contribution in [3.8, 4) is 5.75 Å². The largest absolute Gasteiger partial charge is 0.504 e. The van der Waals surface area contributed by atoms with Crippen LogP contribution in [0.2, 0.25) is 5.02 Å². The quantitative estimate of drug-likeness (QED) is 0.902. The second kappa shape index (κ2) is 5.64. The number of phenols is 1. The first kappa shape index (κ1) is 15.8. The Hall–Kier alpha value is -0.610. The minimum Gasteiger partial charge on any atom is -0.504 e. The van der Waals surface area contributed by atoms with Gasteiger partial charge in [-0.1, -0.05) is 17.7 Å². The molecular weight excluding hydrogens is 299 g/mol. The maximum Gasteiger partial charge on any atom is 0.170 e. The van der Waals surface area contributed by atoms with Crippen LogP contribution in [0.15, 0.2) is 12.1 Å². The molecule has 1 N–H and O–H groups in total. The molecule has 0 heterocycles. The van der Waals surface area contributed by atoms with Gasteiger partial charge < -0.3 is 5.11 Å². The van der Waals surface area contributed by atoms with Crippen molar-refractivity contribution >= 4 is 22.4 Å². The van der Waals surface area contributed by atoms with E-state index in [4.69, 9.17) is 11.6 Å². The Morgan fingerprint density at radius 3 is 2.55 bits per heavy atom. The Balaban J connectivity index is 2.31. The molecule has 0 spiro atoms. The third kappa shape index (κ3) is 3.34. The van der Waals surface area contributed by atoms with E-state index in [1.54, 1.807) is 6.07 Å². The zero-order valence-corrected chi connectivity index (χ0v) is 13.5. The van der Waals surface area contributed by atoms with Crippen molar-refractivity contribution in [3.05, 3.63) is 28.5 Å². The molecule has 0 saturated heterocycles. The average Bonchev–Trinajstić information content (AvgIpc) is 3.17. The third-order valence-corrected chi connectivity index (χ3v) is 6.03. The van der Waals surface area contributed by atoms with Gasteiger partial charge in [0.25, 0.3) is 0 Å². The van der Waals surface area contributed by atoms with Crippen LogP contribution in [0.25, 0.3) is 0 Å². The molecule has 1 aromatic carbocycles. The highest BCUT2D eigenvalue weighted by Crippen LogP contribution is 2.46. The van der Waals surface area contributed by atoms with E-state index in [0.29, 0.717) is 17.2 Å². The van der Waals surface area contributed by atoms with Gasteiger partial charge in [0.05, 0.1) is 5.02 Å². The van der Waals surface area contributed by atoms with Crippen LogP contribution in [0.1, 0.15) is 45.1 Å². The van der Waals surface area contributed by atoms with Crippen LogP contribution < -0.4 is 0 Å². The minimum atomic E-state index is -1.05. The van der Waals surface area contributed by atoms with Crippen molar-refractivity contribution in [1.29, 1.82) is 0 Å². The Kier molecular flexibility index (Phi) is 4.45. The van der Waals surface area contributed by atoms with Crippen molar-refractivity contribution < 1.29 is 13.7 Å². The summed E-state index contributed by atoms with van der Waals surface area (Å²) in [5, 5.41) is 9.66. The lowest BCUT2D eigenvalue weighted by atomic mass is 9.95. The van der Waals surface area contributed by atoms with Crippen LogP contribution >= 0.6 is 11.6 Å². The highest BCUT2D eigenvalue weighted by atomic mass is 35.5. The molecule has 2 atom stereocenters. The summed E-state index contributed by atoms with van der Waals surface area (Å²) in [6.07, 6.45) is 2.05. The highest BCUT2D eigenvalue weighted by molar-refractivity contribution is 7.86. The first-order chi connectivity index (χ1) is 9.21. The Bertz CT molecular complexity index is 535. The highest BCUT2D eigenvalue weighted by Gasteiger charge is 2.37. The minimum absolute atomic E-state index is 0.0118. The number of hydrogen-bond donors (Lipinski definition) is 1. The molecule has 0 bridgehead atoms. The Morgan fingerprint density at radius 2 is 2.05 bits per heavy atom. The third-order valence-electron chi connectivity index (χ3n) is 3.70. The van der Waals surface area contributed by atoms with E-state index in [0.717, 1.165) is 12.8 Å². The zero-order valence-electron chi connectivity index (χ0n) is 12.0. The molecule has 0 amide bonds. The van der Waals surface area contributed by atoms with Crippen molar-refractivity contribution in [1.82, 2.24) is 0 Å². The van der Waals surface area contributed by atoms with Gasteiger partial charge in [0.15, 0.2) is 11.6 Å². The van der Waals surface area contributed by atoms with E-state index in [1.807, 2.05) is 20.8 Å². The van der Waals surface area contributed by atoms with Crippen LogP contribution in [-0.4, -0.2) is 19.8 Å². The first-order valence-corrected chi connectivity index (χ1v) is 8.47. The lowest BCUT2D eigenvalue weighted by Gasteiger charge is -2.24. The van der Waals surface area contributed by atoms with E-state index in [2.05, 4.69) is 0 Å². The van der Waals surface area contributed by atoms with Gasteiger partial charge in [-0.25, -0.2) is 4.39 Å². The molecule has 1 aromatic rings. The summed E-state index contributed by atoms with van der Waals surface area (Å²) in [7, 11) is -1.05. The predicted octanol–water partition coefficient (Wildman–Crippen LogP) is 4.23. The van der Waals surface area contributed by atoms with E-state index in [1.165, 1.54) is 6.07 Å². The monoisotopic (exact) mass is 318 g/mol. The number of rotatable bonds is 4. The number of hydrogen-bond acceptors (Lipinski definition) is 2. The van der Waals surface area contributed by atoms with Gasteiger partial charge >= 0.3 is 0 Å². The van der Waals surface area contributed by atoms with Crippen LogP contribution in [-0.2, 0) is 10.8 Å². The Labute approximate surface area is 126 Å². The second-order valence-corrected chi connectivity index (χ2v) is 9.02. The normalized spacial score (nSPS) is 18.9. The summed E-state index contributed by atoms with van der Waals surface area (Å²) in [5.74, 6) is -0.502. The molecule has 1 aliphatic carbocycles. The molecule has 1 saturated carbocycles. The van der Waals surface area contributed by atoms with Gasteiger partial charge in [-0.2, -0.15) is 0 Å². The average molecular weight is 319 g/mol. The van der Waals surface area contributed by atoms with Crippen molar-refractivity contribution in [2.45, 2.75) is 44.3 Å². The lowest BCUT2D eigenvalue weighted by molar-refractivity contribution is 0.424. The fourth-order valence-electron chi connectivity index (χ4n) is 2.23. The van der Waals surface area contributed by atoms with Gasteiger partial charge in [0.2, 0.25) is 0 Å². The zero-order chi connectivity index (χ0) is 15.1. The van der Waals surface area contributed by atoms with Crippen molar-refractivity contribution in [2.75, 3.05) is 5.75 Å². The van der Waals surface area contributed by atoms with Gasteiger partial charge in [0, 0.05) is 27.2 Å². The van der Waals surface area contributed by atoms with Gasteiger partial charge in [-0.3, -0.25) is 4.21 Å². The van der Waals surface area contributed by atoms with Gasteiger partial charge in [-0.15, -0.1) is 0 Å². The molecule has 0 aliphatic heterocycles. The van der Waals surface area contributed by atoms with E-state index >= 15 is 0 Å². The molecule has 20 heavy (non-hydrogen) atoms. The summed E-state index contributed by atoms with van der Waals surface area (Å²) in [4.78, 5) is 0. The fourth-order valence-corrected chi connectivity index (χ4v) is 3.66. The second-order valence-electron chi connectivity index (χ2n) is 6.37. The maximum absolute atomic E-state index is 14.2. The number of phenolic OH excluding ortho intramolecular Hbond substituents is 1. The molecule has 0 aromatic heterocycles. The summed E-state index contributed by atoms with van der Waals surface area (Å²) in [6.45, 7) is 5.76. The molecule has 5 heteroatoms. The molecule has 1 fully saturated rings. The smallest absolute Gasteiger partial charge is 0.170 e. The van der Waals surface area contributed by atoms with Crippen LogP contribution in [0.4, 0.5) is 4.39 Å².